The summed E-state index contributed by atoms with van der Waals surface area (Å²) in [5.41, 5.74) is 1.73. The number of halogens is 1. The second-order valence-electron chi connectivity index (χ2n) is 8.19. The second-order valence-corrected chi connectivity index (χ2v) is 8.19. The standard InChI is InChI=1S/C25H26FN5O3/c1-29(2)12-4-14-34-25(33)27-21-6-3-5-18(15-21)17-31-24(32)10-9-23(28-31)30-13-11-19-7-8-20(26)16-22(19)30/h3,5-11,13,15-16H,4,12,14,17H2,1-2H3,(H,27,33). The van der Waals surface area contributed by atoms with Crippen LogP contribution >= 0.6 is 0 Å². The zero-order chi connectivity index (χ0) is 24.1. The zero-order valence-electron chi connectivity index (χ0n) is 19.1. The summed E-state index contributed by atoms with van der Waals surface area (Å²) in [4.78, 5) is 26.5. The summed E-state index contributed by atoms with van der Waals surface area (Å²) in [5.74, 6) is 0.150. The molecule has 0 unspecified atom stereocenters. The molecule has 0 bridgehead atoms. The normalized spacial score (nSPS) is 11.2. The van der Waals surface area contributed by atoms with Crippen molar-refractivity contribution in [3.8, 4) is 5.82 Å². The third kappa shape index (κ3) is 5.68. The van der Waals surface area contributed by atoms with Crippen molar-refractivity contribution < 1.29 is 13.9 Å². The van der Waals surface area contributed by atoms with Crippen LogP contribution in [0.15, 0.2) is 71.7 Å². The molecule has 8 nitrogen and oxygen atoms in total. The van der Waals surface area contributed by atoms with Crippen LogP contribution in [0.2, 0.25) is 0 Å². The predicted molar refractivity (Wildman–Crippen MR) is 129 cm³/mol. The Morgan fingerprint density at radius 2 is 1.97 bits per heavy atom. The first-order chi connectivity index (χ1) is 16.4. The summed E-state index contributed by atoms with van der Waals surface area (Å²) in [6, 6.07) is 16.6. The van der Waals surface area contributed by atoms with Gasteiger partial charge in [0.15, 0.2) is 5.82 Å². The molecule has 0 radical (unpaired) electrons. The lowest BCUT2D eigenvalue weighted by atomic mass is 10.2. The number of hydrogen-bond acceptors (Lipinski definition) is 5. The Kier molecular flexibility index (Phi) is 7.03. The average molecular weight is 464 g/mol. The molecule has 0 fully saturated rings. The molecule has 9 heteroatoms. The van der Waals surface area contributed by atoms with Crippen LogP contribution in [0, 0.1) is 5.82 Å². The van der Waals surface area contributed by atoms with Gasteiger partial charge in [-0.3, -0.25) is 14.7 Å². The minimum atomic E-state index is -0.528. The van der Waals surface area contributed by atoms with E-state index in [0.29, 0.717) is 23.6 Å². The maximum Gasteiger partial charge on any atom is 0.411 e. The molecule has 0 saturated carbocycles. The number of rotatable bonds is 8. The van der Waals surface area contributed by atoms with E-state index in [1.807, 2.05) is 31.1 Å². The highest BCUT2D eigenvalue weighted by Crippen LogP contribution is 2.20. The molecular formula is C25H26FN5O3. The van der Waals surface area contributed by atoms with E-state index in [-0.39, 0.29) is 17.9 Å². The molecule has 176 valence electrons. The van der Waals surface area contributed by atoms with Crippen LogP contribution in [-0.4, -0.2) is 52.6 Å². The lowest BCUT2D eigenvalue weighted by molar-refractivity contribution is 0.156. The molecular weight excluding hydrogens is 437 g/mol. The van der Waals surface area contributed by atoms with Crippen molar-refractivity contribution in [3.05, 3.63) is 88.6 Å². The minimum absolute atomic E-state index is 0.202. The van der Waals surface area contributed by atoms with Gasteiger partial charge in [-0.15, -0.1) is 0 Å². The molecule has 4 aromatic rings. The third-order valence-corrected chi connectivity index (χ3v) is 5.24. The van der Waals surface area contributed by atoms with Crippen molar-refractivity contribution >= 4 is 22.7 Å². The number of hydrogen-bond donors (Lipinski definition) is 1. The average Bonchev–Trinajstić information content (AvgIpc) is 3.21. The Labute approximate surface area is 196 Å². The van der Waals surface area contributed by atoms with Crippen molar-refractivity contribution in [2.24, 2.45) is 0 Å². The molecule has 0 aliphatic rings. The molecule has 0 aliphatic heterocycles. The zero-order valence-corrected chi connectivity index (χ0v) is 19.1. The summed E-state index contributed by atoms with van der Waals surface area (Å²) < 4.78 is 22.0. The maximum atomic E-state index is 13.8. The van der Waals surface area contributed by atoms with E-state index >= 15 is 0 Å². The molecule has 0 atom stereocenters. The first-order valence-corrected chi connectivity index (χ1v) is 10.9. The fourth-order valence-corrected chi connectivity index (χ4v) is 3.60. The van der Waals surface area contributed by atoms with E-state index in [0.717, 1.165) is 23.9 Å². The van der Waals surface area contributed by atoms with Crippen molar-refractivity contribution in [2.75, 3.05) is 32.6 Å². The number of carbonyl (C=O) groups is 1. The largest absolute Gasteiger partial charge is 0.449 e. The maximum absolute atomic E-state index is 13.8. The number of nitrogens with one attached hydrogen (secondary N) is 1. The van der Waals surface area contributed by atoms with Crippen molar-refractivity contribution in [1.29, 1.82) is 0 Å². The monoisotopic (exact) mass is 463 g/mol. The Morgan fingerprint density at radius 3 is 2.79 bits per heavy atom. The van der Waals surface area contributed by atoms with E-state index in [9.17, 15) is 14.0 Å². The van der Waals surface area contributed by atoms with Crippen molar-refractivity contribution in [2.45, 2.75) is 13.0 Å². The van der Waals surface area contributed by atoms with E-state index in [4.69, 9.17) is 4.74 Å². The first-order valence-electron chi connectivity index (χ1n) is 10.9. The van der Waals surface area contributed by atoms with Gasteiger partial charge in [-0.25, -0.2) is 13.9 Å². The van der Waals surface area contributed by atoms with Crippen molar-refractivity contribution in [1.82, 2.24) is 19.2 Å². The number of benzene rings is 2. The molecule has 0 aliphatic carbocycles. The third-order valence-electron chi connectivity index (χ3n) is 5.24. The molecule has 0 saturated heterocycles. The van der Waals surface area contributed by atoms with Gasteiger partial charge in [0, 0.05) is 29.9 Å². The number of nitrogens with zero attached hydrogens (tertiary/aromatic N) is 4. The number of amides is 1. The molecule has 2 heterocycles. The molecule has 2 aromatic carbocycles. The topological polar surface area (TPSA) is 81.4 Å². The number of fused-ring (bicyclic) bond motifs is 1. The van der Waals surface area contributed by atoms with E-state index in [1.165, 1.54) is 22.9 Å². The fourth-order valence-electron chi connectivity index (χ4n) is 3.60. The molecule has 34 heavy (non-hydrogen) atoms. The SMILES string of the molecule is CN(C)CCCOC(=O)Nc1cccc(Cn2nc(-n3ccc4ccc(F)cc43)ccc2=O)c1. The number of anilines is 1. The van der Waals surface area contributed by atoms with Gasteiger partial charge in [-0.05, 0) is 68.5 Å². The molecule has 2 aromatic heterocycles. The van der Waals surface area contributed by atoms with Gasteiger partial charge in [-0.1, -0.05) is 12.1 Å². The van der Waals surface area contributed by atoms with Gasteiger partial charge in [0.1, 0.15) is 5.82 Å². The van der Waals surface area contributed by atoms with Crippen LogP contribution in [0.4, 0.5) is 14.9 Å². The molecule has 0 spiro atoms. The van der Waals surface area contributed by atoms with E-state index < -0.39 is 6.09 Å². The lowest BCUT2D eigenvalue weighted by Crippen LogP contribution is -2.24. The highest BCUT2D eigenvalue weighted by atomic mass is 19.1. The number of carbonyl (C=O) groups excluding carboxylic acids is 1. The summed E-state index contributed by atoms with van der Waals surface area (Å²) >= 11 is 0. The highest BCUT2D eigenvalue weighted by molar-refractivity contribution is 5.84. The quantitative estimate of drug-likeness (QED) is 0.401. The summed E-state index contributed by atoms with van der Waals surface area (Å²) in [7, 11) is 3.92. The summed E-state index contributed by atoms with van der Waals surface area (Å²) in [6.45, 7) is 1.36. The van der Waals surface area contributed by atoms with Gasteiger partial charge in [0.2, 0.25) is 0 Å². The van der Waals surface area contributed by atoms with Crippen LogP contribution in [0.5, 0.6) is 0 Å². The van der Waals surface area contributed by atoms with Gasteiger partial charge in [-0.2, -0.15) is 5.10 Å². The van der Waals surface area contributed by atoms with Gasteiger partial charge < -0.3 is 9.64 Å². The lowest BCUT2D eigenvalue weighted by Gasteiger charge is -2.12. The van der Waals surface area contributed by atoms with Crippen LogP contribution in [0.1, 0.15) is 12.0 Å². The second kappa shape index (κ2) is 10.3. The smallest absolute Gasteiger partial charge is 0.411 e. The first kappa shape index (κ1) is 23.2. The Morgan fingerprint density at radius 1 is 1.12 bits per heavy atom. The van der Waals surface area contributed by atoms with Gasteiger partial charge in [0.25, 0.3) is 5.56 Å². The van der Waals surface area contributed by atoms with Crippen LogP contribution in [-0.2, 0) is 11.3 Å². The minimum Gasteiger partial charge on any atom is -0.449 e. The summed E-state index contributed by atoms with van der Waals surface area (Å²) in [5, 5.41) is 8.05. The number of ether oxygens (including phenoxy) is 1. The fraction of sp³-hybridized carbons (Fsp3) is 0.240. The van der Waals surface area contributed by atoms with E-state index in [1.54, 1.807) is 41.1 Å². The predicted octanol–water partition coefficient (Wildman–Crippen LogP) is 3.87. The van der Waals surface area contributed by atoms with Gasteiger partial charge >= 0.3 is 6.09 Å². The van der Waals surface area contributed by atoms with Crippen molar-refractivity contribution in [3.63, 3.8) is 0 Å². The Bertz CT molecular complexity index is 1360. The van der Waals surface area contributed by atoms with Gasteiger partial charge in [0.05, 0.1) is 18.7 Å². The Hall–Kier alpha value is -3.98. The van der Waals surface area contributed by atoms with Crippen LogP contribution in [0.3, 0.4) is 0 Å². The van der Waals surface area contributed by atoms with E-state index in [2.05, 4.69) is 10.4 Å². The highest BCUT2D eigenvalue weighted by Gasteiger charge is 2.09. The number of aromatic nitrogens is 3. The van der Waals surface area contributed by atoms with Crippen LogP contribution < -0.4 is 10.9 Å². The molecule has 1 amide bonds. The Balaban J connectivity index is 1.48. The van der Waals surface area contributed by atoms with Crippen LogP contribution in [0.25, 0.3) is 16.7 Å². The summed E-state index contributed by atoms with van der Waals surface area (Å²) in [6.07, 6.45) is 2.00. The molecule has 1 N–H and O–H groups in total. The molecule has 4 rings (SSSR count).